The van der Waals surface area contributed by atoms with Crippen molar-refractivity contribution in [3.05, 3.63) is 29.3 Å². The summed E-state index contributed by atoms with van der Waals surface area (Å²) >= 11 is 0. The molecule has 1 N–H and O–H groups in total. The predicted molar refractivity (Wildman–Crippen MR) is 111 cm³/mol. The van der Waals surface area contributed by atoms with Crippen LogP contribution < -0.4 is 0 Å². The maximum Gasteiger partial charge on any atom is 0.119 e. The van der Waals surface area contributed by atoms with Gasteiger partial charge in [-0.15, -0.1) is 0 Å². The molecule has 1 rings (SSSR count). The number of benzene rings is 1. The van der Waals surface area contributed by atoms with Gasteiger partial charge >= 0.3 is 0 Å². The van der Waals surface area contributed by atoms with Gasteiger partial charge in [0.05, 0.1) is 0 Å². The van der Waals surface area contributed by atoms with Crippen LogP contribution in [0, 0.1) is 10.8 Å². The van der Waals surface area contributed by atoms with E-state index in [-0.39, 0.29) is 5.41 Å². The maximum absolute atomic E-state index is 10.5. The second-order valence-corrected chi connectivity index (χ2v) is 9.51. The van der Waals surface area contributed by atoms with Crippen molar-refractivity contribution in [3.8, 4) is 5.75 Å². The van der Waals surface area contributed by atoms with E-state index in [2.05, 4.69) is 47.6 Å². The highest BCUT2D eigenvalue weighted by atomic mass is 16.3. The third-order valence-electron chi connectivity index (χ3n) is 5.49. The van der Waals surface area contributed by atoms with Crippen LogP contribution >= 0.6 is 0 Å². The van der Waals surface area contributed by atoms with Gasteiger partial charge in [-0.25, -0.2) is 0 Å². The molecular weight excluding hydrogens is 304 g/mol. The molecule has 0 aliphatic rings. The quantitative estimate of drug-likeness (QED) is 0.384. The molecule has 0 aliphatic carbocycles. The van der Waals surface area contributed by atoms with E-state index >= 15 is 0 Å². The minimum atomic E-state index is 0.245. The summed E-state index contributed by atoms with van der Waals surface area (Å²) in [7, 11) is 0. The molecule has 1 aromatic rings. The monoisotopic (exact) mass is 346 g/mol. The van der Waals surface area contributed by atoms with E-state index in [1.807, 2.05) is 12.1 Å². The highest BCUT2D eigenvalue weighted by Gasteiger charge is 2.25. The molecule has 1 aromatic carbocycles. The van der Waals surface area contributed by atoms with Gasteiger partial charge in [-0.2, -0.15) is 0 Å². The van der Waals surface area contributed by atoms with Crippen LogP contribution in [0.15, 0.2) is 18.2 Å². The van der Waals surface area contributed by atoms with Crippen LogP contribution in [0.5, 0.6) is 5.75 Å². The second kappa shape index (κ2) is 10.2. The molecule has 0 bridgehead atoms. The summed E-state index contributed by atoms with van der Waals surface area (Å²) in [4.78, 5) is 0. The van der Waals surface area contributed by atoms with Crippen molar-refractivity contribution in [2.75, 3.05) is 0 Å². The number of rotatable bonds is 12. The Morgan fingerprint density at radius 3 is 1.80 bits per heavy atom. The summed E-state index contributed by atoms with van der Waals surface area (Å²) in [5.41, 5.74) is 3.08. The fraction of sp³-hybridized carbons (Fsp3) is 0.750. The highest BCUT2D eigenvalue weighted by molar-refractivity contribution is 5.40. The van der Waals surface area contributed by atoms with Crippen molar-refractivity contribution in [1.82, 2.24) is 0 Å². The normalized spacial score (nSPS) is 12.6. The molecule has 0 unspecified atom stereocenters. The Hall–Kier alpha value is -0.980. The molecule has 144 valence electrons. The molecule has 0 saturated carbocycles. The predicted octanol–water partition coefficient (Wildman–Crippen LogP) is 7.69. The number of hydrogen-bond acceptors (Lipinski definition) is 1. The largest absolute Gasteiger partial charge is 0.508 e. The van der Waals surface area contributed by atoms with Gasteiger partial charge in [-0.3, -0.25) is 0 Å². The molecule has 0 saturated heterocycles. The van der Waals surface area contributed by atoms with Crippen LogP contribution in [0.25, 0.3) is 0 Å². The van der Waals surface area contributed by atoms with Gasteiger partial charge in [-0.1, -0.05) is 92.2 Å². The molecule has 0 fully saturated rings. The summed E-state index contributed by atoms with van der Waals surface area (Å²) in [6.07, 6.45) is 12.3. The van der Waals surface area contributed by atoms with Gasteiger partial charge < -0.3 is 5.11 Å². The molecule has 1 nitrogen and oxygen atoms in total. The Morgan fingerprint density at radius 1 is 0.760 bits per heavy atom. The van der Waals surface area contributed by atoms with Gasteiger partial charge in [0.15, 0.2) is 0 Å². The molecule has 0 amide bonds. The zero-order valence-electron chi connectivity index (χ0n) is 17.8. The van der Waals surface area contributed by atoms with Crippen molar-refractivity contribution in [2.24, 2.45) is 10.8 Å². The third-order valence-corrected chi connectivity index (χ3v) is 5.49. The molecule has 0 spiro atoms. The van der Waals surface area contributed by atoms with Crippen LogP contribution in [0.2, 0.25) is 0 Å². The molecule has 0 aliphatic heterocycles. The van der Waals surface area contributed by atoms with E-state index < -0.39 is 0 Å². The maximum atomic E-state index is 10.5. The van der Waals surface area contributed by atoms with E-state index in [1.165, 1.54) is 62.5 Å². The van der Waals surface area contributed by atoms with Gasteiger partial charge in [0.25, 0.3) is 0 Å². The standard InChI is InChI=1S/C24H42O/c1-7-9-11-16-23(3,4)18-20-14-13-15-22(25)21(20)19-24(5,6)17-12-10-8-2/h13-15,25H,7-12,16-19H2,1-6H3. The first-order chi connectivity index (χ1) is 11.7. The lowest BCUT2D eigenvalue weighted by Gasteiger charge is -2.30. The van der Waals surface area contributed by atoms with E-state index in [0.717, 1.165) is 12.8 Å². The van der Waals surface area contributed by atoms with Gasteiger partial charge in [0.2, 0.25) is 0 Å². The number of aromatic hydroxyl groups is 1. The lowest BCUT2D eigenvalue weighted by atomic mass is 9.76. The molecular formula is C24H42O. The first-order valence-corrected chi connectivity index (χ1v) is 10.5. The second-order valence-electron chi connectivity index (χ2n) is 9.51. The summed E-state index contributed by atoms with van der Waals surface area (Å²) in [5, 5.41) is 10.5. The topological polar surface area (TPSA) is 20.2 Å². The van der Waals surface area contributed by atoms with Crippen molar-refractivity contribution >= 4 is 0 Å². The van der Waals surface area contributed by atoms with Gasteiger partial charge in [0, 0.05) is 0 Å². The van der Waals surface area contributed by atoms with Crippen LogP contribution in [-0.2, 0) is 12.8 Å². The van der Waals surface area contributed by atoms with Crippen molar-refractivity contribution in [1.29, 1.82) is 0 Å². The molecule has 1 heteroatoms. The van der Waals surface area contributed by atoms with Crippen molar-refractivity contribution in [3.63, 3.8) is 0 Å². The van der Waals surface area contributed by atoms with Crippen molar-refractivity contribution in [2.45, 2.75) is 106 Å². The minimum Gasteiger partial charge on any atom is -0.508 e. The van der Waals surface area contributed by atoms with Crippen molar-refractivity contribution < 1.29 is 5.11 Å². The molecule has 25 heavy (non-hydrogen) atoms. The van der Waals surface area contributed by atoms with E-state index in [9.17, 15) is 5.11 Å². The average Bonchev–Trinajstić information content (AvgIpc) is 2.51. The van der Waals surface area contributed by atoms with E-state index in [0.29, 0.717) is 11.2 Å². The molecule has 0 radical (unpaired) electrons. The smallest absolute Gasteiger partial charge is 0.119 e. The summed E-state index contributed by atoms with van der Waals surface area (Å²) in [6, 6.07) is 6.12. The van der Waals surface area contributed by atoms with Crippen LogP contribution in [0.1, 0.15) is 104 Å². The molecule has 0 atom stereocenters. The van der Waals surface area contributed by atoms with Crippen LogP contribution in [0.3, 0.4) is 0 Å². The number of hydrogen-bond donors (Lipinski definition) is 1. The fourth-order valence-electron chi connectivity index (χ4n) is 3.87. The fourth-order valence-corrected chi connectivity index (χ4v) is 3.87. The number of unbranched alkanes of at least 4 members (excludes halogenated alkanes) is 4. The lowest BCUT2D eigenvalue weighted by molar-refractivity contribution is 0.301. The number of phenols is 1. The summed E-state index contributed by atoms with van der Waals surface area (Å²) < 4.78 is 0. The number of phenolic OH excluding ortho intramolecular Hbond substituents is 1. The zero-order valence-corrected chi connectivity index (χ0v) is 17.8. The van der Waals surface area contributed by atoms with Crippen LogP contribution in [-0.4, -0.2) is 5.11 Å². The Kier molecular flexibility index (Phi) is 9.03. The van der Waals surface area contributed by atoms with E-state index in [1.54, 1.807) is 0 Å². The van der Waals surface area contributed by atoms with Gasteiger partial charge in [-0.05, 0) is 53.7 Å². The minimum absolute atomic E-state index is 0.245. The van der Waals surface area contributed by atoms with E-state index in [4.69, 9.17) is 0 Å². The summed E-state index contributed by atoms with van der Waals surface area (Å²) in [5.74, 6) is 0.491. The lowest BCUT2D eigenvalue weighted by Crippen LogP contribution is -2.20. The zero-order chi connectivity index (χ0) is 18.9. The highest BCUT2D eigenvalue weighted by Crippen LogP contribution is 2.37. The molecule has 0 aromatic heterocycles. The first kappa shape index (κ1) is 22.1. The average molecular weight is 347 g/mol. The third kappa shape index (κ3) is 8.29. The Balaban J connectivity index is 2.86. The summed E-state index contributed by atoms with van der Waals surface area (Å²) in [6.45, 7) is 14.0. The Bertz CT molecular complexity index is 499. The molecule has 0 heterocycles. The Labute approximate surface area is 157 Å². The SMILES string of the molecule is CCCCCC(C)(C)Cc1cccc(O)c1CC(C)(C)CCCCC. The Morgan fingerprint density at radius 2 is 1.28 bits per heavy atom. The van der Waals surface area contributed by atoms with Crippen LogP contribution in [0.4, 0.5) is 0 Å². The van der Waals surface area contributed by atoms with Gasteiger partial charge in [0.1, 0.15) is 5.75 Å². The first-order valence-electron chi connectivity index (χ1n) is 10.5.